The van der Waals surface area contributed by atoms with Crippen LogP contribution in [0.3, 0.4) is 0 Å². The van der Waals surface area contributed by atoms with E-state index in [2.05, 4.69) is 20.0 Å². The molecule has 8 nitrogen and oxygen atoms in total. The fraction of sp³-hybridized carbons (Fsp3) is 0.158. The van der Waals surface area contributed by atoms with Crippen LogP contribution in [0.2, 0.25) is 0 Å². The fourth-order valence-electron chi connectivity index (χ4n) is 2.55. The third-order valence-electron chi connectivity index (χ3n) is 3.71. The molecule has 0 N–H and O–H groups in total. The third-order valence-corrected chi connectivity index (χ3v) is 3.71. The molecule has 2 aromatic rings. The van der Waals surface area contributed by atoms with Gasteiger partial charge in [0.05, 0.1) is 22.7 Å². The number of carbonyl (C=O) groups excluding carboxylic acids is 4. The quantitative estimate of drug-likeness (QED) is 0.526. The number of isocyanates is 4. The Labute approximate surface area is 153 Å². The summed E-state index contributed by atoms with van der Waals surface area (Å²) >= 11 is 0. The highest BCUT2D eigenvalue weighted by Crippen LogP contribution is 2.29. The first-order valence-electron chi connectivity index (χ1n) is 7.79. The number of aryl methyl sites for hydroxylation is 2. The zero-order valence-corrected chi connectivity index (χ0v) is 14.0. The molecule has 0 fully saturated rings. The highest BCUT2D eigenvalue weighted by atomic mass is 16.1. The van der Waals surface area contributed by atoms with Crippen molar-refractivity contribution in [2.75, 3.05) is 0 Å². The van der Waals surface area contributed by atoms with Gasteiger partial charge < -0.3 is 0 Å². The van der Waals surface area contributed by atoms with Crippen LogP contribution in [0.25, 0.3) is 0 Å². The van der Waals surface area contributed by atoms with Gasteiger partial charge in [-0.05, 0) is 54.7 Å². The normalized spacial score (nSPS) is 9.19. The molecule has 0 radical (unpaired) electrons. The van der Waals surface area contributed by atoms with Gasteiger partial charge in [0.25, 0.3) is 0 Å². The molecule has 2 rings (SSSR count). The molecule has 0 saturated heterocycles. The lowest BCUT2D eigenvalue weighted by Crippen LogP contribution is -1.92. The molecule has 0 saturated carbocycles. The van der Waals surface area contributed by atoms with Gasteiger partial charge in [-0.15, -0.1) is 0 Å². The van der Waals surface area contributed by atoms with Crippen LogP contribution < -0.4 is 0 Å². The van der Waals surface area contributed by atoms with Crippen LogP contribution in [0, 0.1) is 0 Å². The average molecular weight is 360 g/mol. The van der Waals surface area contributed by atoms with E-state index >= 15 is 0 Å². The van der Waals surface area contributed by atoms with E-state index in [9.17, 15) is 19.2 Å². The molecule has 0 bridgehead atoms. The Balaban J connectivity index is 2.18. The number of benzene rings is 2. The van der Waals surface area contributed by atoms with Crippen LogP contribution in [0.1, 0.15) is 17.5 Å². The minimum absolute atomic E-state index is 0.344. The van der Waals surface area contributed by atoms with Crippen molar-refractivity contribution < 1.29 is 19.2 Å². The molecule has 0 heterocycles. The van der Waals surface area contributed by atoms with Gasteiger partial charge in [-0.2, -0.15) is 20.0 Å². The molecule has 0 atom stereocenters. The van der Waals surface area contributed by atoms with E-state index in [1.54, 1.807) is 24.3 Å². The molecule has 0 aliphatic carbocycles. The van der Waals surface area contributed by atoms with E-state index in [1.165, 1.54) is 36.5 Å². The highest BCUT2D eigenvalue weighted by Gasteiger charge is 2.07. The van der Waals surface area contributed by atoms with E-state index in [1.807, 2.05) is 0 Å². The van der Waals surface area contributed by atoms with Crippen LogP contribution in [0.5, 0.6) is 0 Å². The molecule has 132 valence electrons. The van der Waals surface area contributed by atoms with Crippen molar-refractivity contribution in [1.82, 2.24) is 0 Å². The first kappa shape index (κ1) is 19.3. The second-order valence-corrected chi connectivity index (χ2v) is 5.29. The molecule has 0 unspecified atom stereocenters. The summed E-state index contributed by atoms with van der Waals surface area (Å²) in [5, 5.41) is 0. The van der Waals surface area contributed by atoms with Gasteiger partial charge in [-0.25, -0.2) is 19.2 Å². The van der Waals surface area contributed by atoms with Crippen LogP contribution >= 0.6 is 0 Å². The summed E-state index contributed by atoms with van der Waals surface area (Å²) in [7, 11) is 0. The first-order valence-corrected chi connectivity index (χ1v) is 7.79. The van der Waals surface area contributed by atoms with Crippen LogP contribution in [-0.4, -0.2) is 24.3 Å². The van der Waals surface area contributed by atoms with Gasteiger partial charge in [0, 0.05) is 0 Å². The monoisotopic (exact) mass is 360 g/mol. The predicted octanol–water partition coefficient (Wildman–Crippen LogP) is 3.73. The van der Waals surface area contributed by atoms with E-state index < -0.39 is 0 Å². The number of aliphatic imine (C=N–C) groups is 4. The minimum Gasteiger partial charge on any atom is -0.211 e. The van der Waals surface area contributed by atoms with Crippen molar-refractivity contribution in [2.24, 2.45) is 20.0 Å². The van der Waals surface area contributed by atoms with Gasteiger partial charge in [0.2, 0.25) is 24.3 Å². The Morgan fingerprint density at radius 1 is 0.593 bits per heavy atom. The molecule has 0 aliphatic rings. The smallest absolute Gasteiger partial charge is 0.211 e. The van der Waals surface area contributed by atoms with Crippen molar-refractivity contribution in [3.63, 3.8) is 0 Å². The van der Waals surface area contributed by atoms with Crippen molar-refractivity contribution >= 4 is 47.1 Å². The average Bonchev–Trinajstić information content (AvgIpc) is 2.66. The summed E-state index contributed by atoms with van der Waals surface area (Å²) in [5.74, 6) is 0. The maximum absolute atomic E-state index is 10.6. The Hall–Kier alpha value is -4.04. The second-order valence-electron chi connectivity index (χ2n) is 5.29. The van der Waals surface area contributed by atoms with Crippen molar-refractivity contribution in [2.45, 2.75) is 19.3 Å². The Morgan fingerprint density at radius 3 is 1.37 bits per heavy atom. The molecule has 2 aromatic carbocycles. The zero-order valence-electron chi connectivity index (χ0n) is 14.0. The summed E-state index contributed by atoms with van der Waals surface area (Å²) < 4.78 is 0. The molecular weight excluding hydrogens is 348 g/mol. The van der Waals surface area contributed by atoms with Crippen LogP contribution in [0.15, 0.2) is 56.4 Å². The Bertz CT molecular complexity index is 954. The fourth-order valence-corrected chi connectivity index (χ4v) is 2.55. The molecule has 0 aliphatic heterocycles. The van der Waals surface area contributed by atoms with E-state index in [0.717, 1.165) is 11.1 Å². The molecule has 0 aromatic heterocycles. The standard InChI is InChI=1S/C19H12N4O4/c24-10-20-16-6-4-14(18(8-16)22-12-26)2-1-3-15-5-7-17(21-11-25)9-19(15)23-13-27/h4-9H,1-3H2. The van der Waals surface area contributed by atoms with Gasteiger partial charge in [-0.3, -0.25) is 0 Å². The number of hydrogen-bond donors (Lipinski definition) is 0. The van der Waals surface area contributed by atoms with Crippen LogP contribution in [0.4, 0.5) is 22.7 Å². The lowest BCUT2D eigenvalue weighted by Gasteiger charge is -2.07. The molecule has 8 heteroatoms. The second kappa shape index (κ2) is 10.1. The summed E-state index contributed by atoms with van der Waals surface area (Å²) in [5.41, 5.74) is 3.01. The lowest BCUT2D eigenvalue weighted by atomic mass is 10.0. The summed E-state index contributed by atoms with van der Waals surface area (Å²) in [6.07, 6.45) is 7.63. The van der Waals surface area contributed by atoms with Gasteiger partial charge in [0.1, 0.15) is 0 Å². The lowest BCUT2D eigenvalue weighted by molar-refractivity contribution is 0.564. The van der Waals surface area contributed by atoms with E-state index in [0.29, 0.717) is 42.0 Å². The number of hydrogen-bond acceptors (Lipinski definition) is 8. The van der Waals surface area contributed by atoms with Crippen LogP contribution in [-0.2, 0) is 32.0 Å². The number of nitrogens with zero attached hydrogens (tertiary/aromatic N) is 4. The largest absolute Gasteiger partial charge is 0.240 e. The van der Waals surface area contributed by atoms with Crippen molar-refractivity contribution in [3.05, 3.63) is 47.5 Å². The summed E-state index contributed by atoms with van der Waals surface area (Å²) in [6.45, 7) is 0. The summed E-state index contributed by atoms with van der Waals surface area (Å²) in [6, 6.07) is 9.69. The number of rotatable bonds is 8. The van der Waals surface area contributed by atoms with E-state index in [-0.39, 0.29) is 0 Å². The van der Waals surface area contributed by atoms with Crippen molar-refractivity contribution in [1.29, 1.82) is 0 Å². The maximum atomic E-state index is 10.6. The Morgan fingerprint density at radius 2 is 1.00 bits per heavy atom. The SMILES string of the molecule is O=C=Nc1ccc(CCCc2ccc(N=C=O)cc2N=C=O)c(N=C=O)c1. The van der Waals surface area contributed by atoms with Gasteiger partial charge >= 0.3 is 0 Å². The predicted molar refractivity (Wildman–Crippen MR) is 96.0 cm³/mol. The Kier molecular flexibility index (Phi) is 7.19. The molecule has 27 heavy (non-hydrogen) atoms. The molecule has 0 spiro atoms. The van der Waals surface area contributed by atoms with Crippen molar-refractivity contribution in [3.8, 4) is 0 Å². The van der Waals surface area contributed by atoms with Gasteiger partial charge in [0.15, 0.2) is 0 Å². The molecule has 0 amide bonds. The highest BCUT2D eigenvalue weighted by molar-refractivity contribution is 5.63. The topological polar surface area (TPSA) is 118 Å². The molecular formula is C19H12N4O4. The maximum Gasteiger partial charge on any atom is 0.240 e. The third kappa shape index (κ3) is 5.48. The zero-order chi connectivity index (χ0) is 19.5. The summed E-state index contributed by atoms with van der Waals surface area (Å²) in [4.78, 5) is 56.2. The van der Waals surface area contributed by atoms with Gasteiger partial charge in [-0.1, -0.05) is 12.1 Å². The minimum atomic E-state index is 0.344. The van der Waals surface area contributed by atoms with E-state index in [4.69, 9.17) is 0 Å². The first-order chi connectivity index (χ1) is 13.2.